The van der Waals surface area contributed by atoms with Gasteiger partial charge in [0.15, 0.2) is 0 Å². The Hall–Kier alpha value is 0.110. The van der Waals surface area contributed by atoms with Crippen LogP contribution < -0.4 is 0 Å². The van der Waals surface area contributed by atoms with Crippen molar-refractivity contribution < 1.29 is 19.5 Å². The molecule has 0 aromatic rings. The van der Waals surface area contributed by atoms with Gasteiger partial charge in [0.25, 0.3) is 0 Å². The molecule has 0 rings (SSSR count). The molecule has 0 saturated carbocycles. The lowest BCUT2D eigenvalue weighted by Crippen LogP contribution is -1.89. The van der Waals surface area contributed by atoms with Gasteiger partial charge in [-0.3, -0.25) is 4.57 Å². The molecule has 0 atom stereocenters. The maximum Gasteiger partial charge on any atom is 0.325 e. The zero-order valence-electron chi connectivity index (χ0n) is 4.28. The molecule has 0 bridgehead atoms. The van der Waals surface area contributed by atoms with E-state index < -0.39 is 14.2 Å². The highest BCUT2D eigenvalue weighted by atomic mass is 31.2. The normalized spacial score (nSPS) is 11.9. The molecule has 0 fully saturated rings. The van der Waals surface area contributed by atoms with Crippen LogP contribution in [-0.2, 0) is 9.67 Å². The van der Waals surface area contributed by atoms with E-state index in [2.05, 4.69) is 0 Å². The van der Waals surface area contributed by atoms with Crippen molar-refractivity contribution in [2.75, 3.05) is 12.8 Å². The summed E-state index contributed by atoms with van der Waals surface area (Å²) in [6, 6.07) is 0. The summed E-state index contributed by atoms with van der Waals surface area (Å²) in [4.78, 5) is 16.2. The molecule has 0 aromatic heterocycles. The summed E-state index contributed by atoms with van der Waals surface area (Å²) in [5.41, 5.74) is 0. The van der Waals surface area contributed by atoms with Gasteiger partial charge in [-0.2, -0.15) is 0 Å². The van der Waals surface area contributed by atoms with E-state index in [9.17, 15) is 9.67 Å². The summed E-state index contributed by atoms with van der Waals surface area (Å²) in [7, 11) is -3.88. The van der Waals surface area contributed by atoms with Crippen molar-refractivity contribution in [2.45, 2.75) is 6.42 Å². The Morgan fingerprint density at radius 1 is 1.38 bits per heavy atom. The van der Waals surface area contributed by atoms with Crippen molar-refractivity contribution in [1.29, 1.82) is 0 Å². The van der Waals surface area contributed by atoms with Gasteiger partial charge in [0.1, 0.15) is 0 Å². The summed E-state index contributed by atoms with van der Waals surface area (Å²) in [6.07, 6.45) is -0.221. The van der Waals surface area contributed by atoms with Crippen molar-refractivity contribution in [3.63, 3.8) is 0 Å². The Morgan fingerprint density at radius 2 is 1.88 bits per heavy atom. The smallest absolute Gasteiger partial charge is 0.324 e. The van der Waals surface area contributed by atoms with Crippen LogP contribution in [0, 0.1) is 0 Å². The van der Waals surface area contributed by atoms with E-state index in [-0.39, 0.29) is 12.6 Å². The van der Waals surface area contributed by atoms with Crippen LogP contribution in [0.5, 0.6) is 0 Å². The molecule has 0 unspecified atom stereocenters. The second kappa shape index (κ2) is 3.20. The van der Waals surface area contributed by atoms with Crippen LogP contribution in [0.3, 0.4) is 0 Å². The van der Waals surface area contributed by atoms with Crippen LogP contribution in [0.15, 0.2) is 0 Å². The Kier molecular flexibility index (Phi) is 3.24. The quantitative estimate of drug-likeness (QED) is 0.539. The zero-order chi connectivity index (χ0) is 6.62. The van der Waals surface area contributed by atoms with Gasteiger partial charge in [0.05, 0.1) is 12.8 Å². The average Bonchev–Trinajstić information content (AvgIpc) is 1.59. The summed E-state index contributed by atoms with van der Waals surface area (Å²) in [5.74, 6) is 0. The fourth-order valence-electron chi connectivity index (χ4n) is 0.271. The SMILES string of the molecule is [O]CCCP(=O)(O)O. The fourth-order valence-corrected chi connectivity index (χ4v) is 0.812. The van der Waals surface area contributed by atoms with E-state index in [0.717, 1.165) is 0 Å². The van der Waals surface area contributed by atoms with Crippen molar-refractivity contribution in [2.24, 2.45) is 0 Å². The molecule has 0 spiro atoms. The van der Waals surface area contributed by atoms with Gasteiger partial charge in [-0.1, -0.05) is 0 Å². The maximum atomic E-state index is 9.95. The minimum Gasteiger partial charge on any atom is -0.324 e. The molecular formula is C3H8O4P. The van der Waals surface area contributed by atoms with E-state index in [1.54, 1.807) is 0 Å². The van der Waals surface area contributed by atoms with E-state index in [0.29, 0.717) is 0 Å². The van der Waals surface area contributed by atoms with E-state index in [1.807, 2.05) is 0 Å². The average molecular weight is 139 g/mol. The summed E-state index contributed by atoms with van der Waals surface area (Å²) in [5, 5.41) is 9.63. The molecule has 0 aromatic carbocycles. The lowest BCUT2D eigenvalue weighted by molar-refractivity contribution is 0.192. The van der Waals surface area contributed by atoms with Gasteiger partial charge >= 0.3 is 7.60 Å². The maximum absolute atomic E-state index is 9.95. The predicted octanol–water partition coefficient (Wildman–Crippen LogP) is -0.0153. The first kappa shape index (κ1) is 8.11. The first-order chi connectivity index (χ1) is 3.56. The highest BCUT2D eigenvalue weighted by molar-refractivity contribution is 7.51. The molecule has 0 aliphatic heterocycles. The van der Waals surface area contributed by atoms with Gasteiger partial charge in [0, 0.05) is 0 Å². The van der Waals surface area contributed by atoms with Gasteiger partial charge in [-0.15, -0.1) is 0 Å². The van der Waals surface area contributed by atoms with Crippen LogP contribution in [0.2, 0.25) is 0 Å². The lowest BCUT2D eigenvalue weighted by Gasteiger charge is -1.97. The number of hydrogen-bond donors (Lipinski definition) is 2. The highest BCUT2D eigenvalue weighted by Gasteiger charge is 2.10. The molecule has 0 saturated heterocycles. The largest absolute Gasteiger partial charge is 0.325 e. The molecule has 8 heavy (non-hydrogen) atoms. The van der Waals surface area contributed by atoms with Crippen LogP contribution in [0.4, 0.5) is 0 Å². The molecule has 0 aliphatic rings. The van der Waals surface area contributed by atoms with Gasteiger partial charge < -0.3 is 9.79 Å². The zero-order valence-corrected chi connectivity index (χ0v) is 5.17. The summed E-state index contributed by atoms with van der Waals surface area (Å²) >= 11 is 0. The second-order valence-corrected chi connectivity index (χ2v) is 3.22. The van der Waals surface area contributed by atoms with Gasteiger partial charge in [-0.05, 0) is 6.42 Å². The predicted molar refractivity (Wildman–Crippen MR) is 27.1 cm³/mol. The first-order valence-electron chi connectivity index (χ1n) is 2.19. The third-order valence-corrected chi connectivity index (χ3v) is 1.49. The molecule has 5 heteroatoms. The molecule has 0 amide bonds. The van der Waals surface area contributed by atoms with E-state index >= 15 is 0 Å². The van der Waals surface area contributed by atoms with Crippen LogP contribution in [-0.4, -0.2) is 22.6 Å². The summed E-state index contributed by atoms with van der Waals surface area (Å²) < 4.78 is 9.95. The molecular weight excluding hydrogens is 131 g/mol. The number of rotatable bonds is 3. The molecule has 2 N–H and O–H groups in total. The fraction of sp³-hybridized carbons (Fsp3) is 1.00. The number of hydrogen-bond acceptors (Lipinski definition) is 1. The minimum absolute atomic E-state index is 0.0598. The molecule has 49 valence electrons. The Labute approximate surface area is 47.3 Å². The molecule has 4 nitrogen and oxygen atoms in total. The van der Waals surface area contributed by atoms with Gasteiger partial charge in [-0.25, -0.2) is 5.11 Å². The van der Waals surface area contributed by atoms with Crippen molar-refractivity contribution in [3.8, 4) is 0 Å². The van der Waals surface area contributed by atoms with E-state index in [4.69, 9.17) is 9.79 Å². The topological polar surface area (TPSA) is 77.4 Å². The minimum atomic E-state index is -3.88. The Balaban J connectivity index is 3.26. The van der Waals surface area contributed by atoms with Crippen molar-refractivity contribution in [1.82, 2.24) is 0 Å². The van der Waals surface area contributed by atoms with Crippen LogP contribution in [0.1, 0.15) is 6.42 Å². The third kappa shape index (κ3) is 6.11. The van der Waals surface area contributed by atoms with E-state index in [1.165, 1.54) is 0 Å². The first-order valence-corrected chi connectivity index (χ1v) is 3.99. The highest BCUT2D eigenvalue weighted by Crippen LogP contribution is 2.34. The Bertz CT molecular complexity index is 95.5. The van der Waals surface area contributed by atoms with Gasteiger partial charge in [0.2, 0.25) is 0 Å². The monoisotopic (exact) mass is 139 g/mol. The molecule has 1 radical (unpaired) electrons. The third-order valence-electron chi connectivity index (χ3n) is 0.594. The standard InChI is InChI=1S/C3H8O4P/c4-2-1-3-8(5,6)7/h1-3H2,(H2,5,6,7). The molecule has 0 heterocycles. The van der Waals surface area contributed by atoms with Crippen molar-refractivity contribution >= 4 is 7.60 Å². The van der Waals surface area contributed by atoms with Crippen LogP contribution >= 0.6 is 7.60 Å². The second-order valence-electron chi connectivity index (χ2n) is 1.45. The lowest BCUT2D eigenvalue weighted by atomic mass is 10.5. The van der Waals surface area contributed by atoms with Crippen molar-refractivity contribution in [3.05, 3.63) is 0 Å². The Morgan fingerprint density at radius 3 is 2.00 bits per heavy atom. The summed E-state index contributed by atoms with van der Waals surface area (Å²) in [6.45, 7) is -0.412. The molecule has 0 aliphatic carbocycles. The van der Waals surface area contributed by atoms with Crippen LogP contribution in [0.25, 0.3) is 0 Å².